The van der Waals surface area contributed by atoms with Gasteiger partial charge < -0.3 is 19.4 Å². The number of fused-ring (bicyclic) bond motifs is 2. The molecule has 4 rings (SSSR count). The van der Waals surface area contributed by atoms with Crippen molar-refractivity contribution in [1.29, 1.82) is 0 Å². The third-order valence-electron chi connectivity index (χ3n) is 5.04. The fourth-order valence-corrected chi connectivity index (χ4v) is 4.73. The number of benzene rings is 1. The van der Waals surface area contributed by atoms with E-state index in [1.54, 1.807) is 29.2 Å². The molecule has 0 aliphatic carbocycles. The smallest absolute Gasteiger partial charge is 0.341 e. The number of amides is 2. The molecule has 1 N–H and O–H groups in total. The lowest BCUT2D eigenvalue weighted by molar-refractivity contribution is -0.129. The van der Waals surface area contributed by atoms with E-state index in [-0.39, 0.29) is 22.0 Å². The minimum atomic E-state index is -0.679. The van der Waals surface area contributed by atoms with Crippen molar-refractivity contribution < 1.29 is 23.5 Å². The summed E-state index contributed by atoms with van der Waals surface area (Å²) in [6, 6.07) is 6.64. The lowest BCUT2D eigenvalue weighted by atomic mass is 10.0. The highest BCUT2D eigenvalue weighted by atomic mass is 32.1. The minimum absolute atomic E-state index is 0.0620. The van der Waals surface area contributed by atoms with Crippen LogP contribution >= 0.6 is 11.3 Å². The lowest BCUT2D eigenvalue weighted by Crippen LogP contribution is -2.33. The van der Waals surface area contributed by atoms with E-state index in [0.717, 1.165) is 16.7 Å². The Morgan fingerprint density at radius 1 is 1.23 bits per heavy atom. The molecule has 1 aliphatic heterocycles. The van der Waals surface area contributed by atoms with Gasteiger partial charge in [-0.3, -0.25) is 14.4 Å². The summed E-state index contributed by atoms with van der Waals surface area (Å²) >= 11 is 1.20. The predicted molar refractivity (Wildman–Crippen MR) is 111 cm³/mol. The number of rotatable bonds is 3. The fraction of sp³-hybridized carbons (Fsp3) is 0.238. The van der Waals surface area contributed by atoms with Gasteiger partial charge in [-0.05, 0) is 24.1 Å². The van der Waals surface area contributed by atoms with E-state index in [1.165, 1.54) is 25.4 Å². The van der Waals surface area contributed by atoms with Crippen LogP contribution in [0.1, 0.15) is 38.1 Å². The van der Waals surface area contributed by atoms with Crippen LogP contribution in [0.4, 0.5) is 5.00 Å². The molecule has 0 unspecified atom stereocenters. The van der Waals surface area contributed by atoms with Gasteiger partial charge in [0.05, 0.1) is 24.6 Å². The number of carbonyl (C=O) groups excluding carboxylic acids is 3. The first-order valence-corrected chi connectivity index (χ1v) is 10.0. The molecule has 2 amide bonds. The Bertz CT molecular complexity index is 1240. The van der Waals surface area contributed by atoms with Crippen molar-refractivity contribution >= 4 is 45.1 Å². The van der Waals surface area contributed by atoms with Crippen molar-refractivity contribution in [3.63, 3.8) is 0 Å². The molecule has 8 nitrogen and oxygen atoms in total. The van der Waals surface area contributed by atoms with Crippen LogP contribution < -0.4 is 10.7 Å². The molecule has 0 atom stereocenters. The highest BCUT2D eigenvalue weighted by Gasteiger charge is 2.30. The third-order valence-corrected chi connectivity index (χ3v) is 6.18. The van der Waals surface area contributed by atoms with Crippen LogP contribution in [-0.4, -0.2) is 36.3 Å². The number of hydrogen-bond donors (Lipinski definition) is 1. The molecule has 0 radical (unpaired) electrons. The van der Waals surface area contributed by atoms with Gasteiger partial charge in [0.1, 0.15) is 22.4 Å². The van der Waals surface area contributed by atoms with Crippen LogP contribution in [-0.2, 0) is 22.5 Å². The van der Waals surface area contributed by atoms with E-state index in [9.17, 15) is 19.2 Å². The summed E-state index contributed by atoms with van der Waals surface area (Å²) in [6.45, 7) is 2.32. The van der Waals surface area contributed by atoms with E-state index in [2.05, 4.69) is 5.32 Å². The van der Waals surface area contributed by atoms with E-state index in [4.69, 9.17) is 9.15 Å². The van der Waals surface area contributed by atoms with E-state index >= 15 is 0 Å². The molecule has 0 fully saturated rings. The Kier molecular flexibility index (Phi) is 5.13. The van der Waals surface area contributed by atoms with Crippen LogP contribution in [0, 0.1) is 0 Å². The molecule has 0 bridgehead atoms. The summed E-state index contributed by atoms with van der Waals surface area (Å²) in [4.78, 5) is 52.2. The Morgan fingerprint density at radius 3 is 2.73 bits per heavy atom. The Labute approximate surface area is 175 Å². The van der Waals surface area contributed by atoms with E-state index < -0.39 is 17.3 Å². The number of para-hydroxylation sites is 1. The minimum Gasteiger partial charge on any atom is -0.465 e. The lowest BCUT2D eigenvalue weighted by Gasteiger charge is -2.25. The first-order chi connectivity index (χ1) is 14.4. The molecule has 3 aromatic rings. The first kappa shape index (κ1) is 19.8. The molecule has 154 valence electrons. The maximum Gasteiger partial charge on any atom is 0.341 e. The van der Waals surface area contributed by atoms with Crippen molar-refractivity contribution in [3.05, 3.63) is 62.3 Å². The van der Waals surface area contributed by atoms with Crippen molar-refractivity contribution in [2.24, 2.45) is 0 Å². The summed E-state index contributed by atoms with van der Waals surface area (Å²) in [5.41, 5.74) is 0.772. The van der Waals surface area contributed by atoms with Crippen molar-refractivity contribution in [1.82, 2.24) is 4.90 Å². The average molecular weight is 426 g/mol. The third kappa shape index (κ3) is 3.37. The standard InChI is InChI=1S/C21H18N2O6S/c1-11(24)23-8-7-13-16(9-23)30-20(17(13)21(27)28-2)22-19(26)14-10-29-15-6-4-3-5-12(15)18(14)25/h3-6,10H,7-9H2,1-2H3,(H,22,26). The number of hydrogen-bond acceptors (Lipinski definition) is 7. The number of ether oxygens (including phenoxy) is 1. The summed E-state index contributed by atoms with van der Waals surface area (Å²) < 4.78 is 10.3. The molecular weight excluding hydrogens is 408 g/mol. The molecule has 0 saturated carbocycles. The summed E-state index contributed by atoms with van der Waals surface area (Å²) in [6.07, 6.45) is 1.59. The Balaban J connectivity index is 1.72. The van der Waals surface area contributed by atoms with Gasteiger partial charge >= 0.3 is 5.97 Å². The van der Waals surface area contributed by atoms with Gasteiger partial charge in [0.2, 0.25) is 11.3 Å². The van der Waals surface area contributed by atoms with Gasteiger partial charge in [-0.25, -0.2) is 4.79 Å². The number of anilines is 1. The van der Waals surface area contributed by atoms with Crippen LogP contribution in [0.15, 0.2) is 39.7 Å². The van der Waals surface area contributed by atoms with Gasteiger partial charge in [0, 0.05) is 18.3 Å². The van der Waals surface area contributed by atoms with Gasteiger partial charge in [0.15, 0.2) is 0 Å². The Morgan fingerprint density at radius 2 is 2.00 bits per heavy atom. The van der Waals surface area contributed by atoms with Gasteiger partial charge in [0.25, 0.3) is 5.91 Å². The fourth-order valence-electron chi connectivity index (χ4n) is 3.48. The van der Waals surface area contributed by atoms with Crippen molar-refractivity contribution in [2.45, 2.75) is 19.9 Å². The number of nitrogens with one attached hydrogen (secondary N) is 1. The first-order valence-electron chi connectivity index (χ1n) is 9.21. The van der Waals surface area contributed by atoms with Crippen molar-refractivity contribution in [2.75, 3.05) is 19.0 Å². The van der Waals surface area contributed by atoms with Crippen LogP contribution in [0.3, 0.4) is 0 Å². The van der Waals surface area contributed by atoms with Gasteiger partial charge in [-0.2, -0.15) is 0 Å². The van der Waals surface area contributed by atoms with Gasteiger partial charge in [-0.1, -0.05) is 12.1 Å². The van der Waals surface area contributed by atoms with Crippen LogP contribution in [0.5, 0.6) is 0 Å². The molecule has 2 aromatic heterocycles. The number of carbonyl (C=O) groups is 3. The monoisotopic (exact) mass is 426 g/mol. The molecule has 1 aromatic carbocycles. The highest BCUT2D eigenvalue weighted by molar-refractivity contribution is 7.17. The zero-order valence-corrected chi connectivity index (χ0v) is 17.1. The van der Waals surface area contributed by atoms with Crippen LogP contribution in [0.2, 0.25) is 0 Å². The Hall–Kier alpha value is -3.46. The summed E-state index contributed by atoms with van der Waals surface area (Å²) in [7, 11) is 1.26. The molecule has 3 heterocycles. The molecule has 30 heavy (non-hydrogen) atoms. The molecular formula is C21H18N2O6S. The van der Waals surface area contributed by atoms with E-state index in [1.807, 2.05) is 0 Å². The van der Waals surface area contributed by atoms with Crippen molar-refractivity contribution in [3.8, 4) is 0 Å². The zero-order valence-electron chi connectivity index (χ0n) is 16.3. The largest absolute Gasteiger partial charge is 0.465 e. The summed E-state index contributed by atoms with van der Waals surface area (Å²) in [5.74, 6) is -1.32. The second kappa shape index (κ2) is 7.75. The highest BCUT2D eigenvalue weighted by Crippen LogP contribution is 2.37. The second-order valence-electron chi connectivity index (χ2n) is 6.82. The quantitative estimate of drug-likeness (QED) is 0.646. The normalized spacial score (nSPS) is 13.1. The zero-order chi connectivity index (χ0) is 21.4. The maximum absolute atomic E-state index is 12.8. The molecule has 9 heteroatoms. The number of thiophene rings is 1. The maximum atomic E-state index is 12.8. The molecule has 1 aliphatic rings. The molecule has 0 spiro atoms. The number of esters is 1. The second-order valence-corrected chi connectivity index (χ2v) is 7.92. The topological polar surface area (TPSA) is 106 Å². The predicted octanol–water partition coefficient (Wildman–Crippen LogP) is 2.80. The van der Waals surface area contributed by atoms with E-state index in [0.29, 0.717) is 30.5 Å². The SMILES string of the molecule is COC(=O)c1c(NC(=O)c2coc3ccccc3c2=O)sc2c1CCN(C(C)=O)C2. The number of nitrogens with zero attached hydrogens (tertiary/aromatic N) is 1. The van der Waals surface area contributed by atoms with Gasteiger partial charge in [-0.15, -0.1) is 11.3 Å². The van der Waals surface area contributed by atoms with Crippen LogP contribution in [0.25, 0.3) is 11.0 Å². The summed E-state index contributed by atoms with van der Waals surface area (Å²) in [5, 5.41) is 3.24. The number of methoxy groups -OCH3 is 1. The molecule has 0 saturated heterocycles. The average Bonchev–Trinajstić information content (AvgIpc) is 3.10.